The van der Waals surface area contributed by atoms with Crippen molar-refractivity contribution < 1.29 is 13.2 Å². The maximum atomic E-state index is 13.3. The zero-order valence-electron chi connectivity index (χ0n) is 13.8. The van der Waals surface area contributed by atoms with Crippen LogP contribution in [-0.4, -0.2) is 4.98 Å². The van der Waals surface area contributed by atoms with E-state index in [0.717, 1.165) is 5.56 Å². The van der Waals surface area contributed by atoms with Gasteiger partial charge in [-0.05, 0) is 49.7 Å². The van der Waals surface area contributed by atoms with Crippen LogP contribution in [0, 0.1) is 11.6 Å². The molecule has 0 radical (unpaired) electrons. The molecule has 0 unspecified atom stereocenters. The van der Waals surface area contributed by atoms with E-state index in [0.29, 0.717) is 28.7 Å². The van der Waals surface area contributed by atoms with Gasteiger partial charge in [0.25, 0.3) is 0 Å². The molecular weight excluding hydrogens is 346 g/mol. The third kappa shape index (κ3) is 4.06. The van der Waals surface area contributed by atoms with Crippen molar-refractivity contribution >= 4 is 11.6 Å². The minimum absolute atomic E-state index is 0.345. The predicted molar refractivity (Wildman–Crippen MR) is 93.2 cm³/mol. The Hall–Kier alpha value is -2.24. The third-order valence-electron chi connectivity index (χ3n) is 3.94. The van der Waals surface area contributed by atoms with Crippen molar-refractivity contribution in [2.45, 2.75) is 25.9 Å². The van der Waals surface area contributed by atoms with Crippen molar-refractivity contribution in [3.05, 3.63) is 76.6 Å². The molecule has 0 bridgehead atoms. The van der Waals surface area contributed by atoms with Crippen molar-refractivity contribution in [1.29, 1.82) is 0 Å². The van der Waals surface area contributed by atoms with E-state index >= 15 is 0 Å². The van der Waals surface area contributed by atoms with Gasteiger partial charge in [0, 0.05) is 22.7 Å². The van der Waals surface area contributed by atoms with Gasteiger partial charge >= 0.3 is 0 Å². The number of hydrogen-bond acceptors (Lipinski definition) is 3. The van der Waals surface area contributed by atoms with Crippen LogP contribution in [0.3, 0.4) is 0 Å². The second-order valence-electron chi connectivity index (χ2n) is 6.26. The molecule has 1 heterocycles. The van der Waals surface area contributed by atoms with E-state index in [-0.39, 0.29) is 11.6 Å². The summed E-state index contributed by atoms with van der Waals surface area (Å²) in [6, 6.07) is 10.4. The van der Waals surface area contributed by atoms with Gasteiger partial charge in [-0.2, -0.15) is 0 Å². The van der Waals surface area contributed by atoms with Crippen LogP contribution < -0.4 is 5.32 Å². The van der Waals surface area contributed by atoms with E-state index in [1.807, 2.05) is 13.8 Å². The van der Waals surface area contributed by atoms with Crippen LogP contribution in [0.1, 0.15) is 25.1 Å². The Morgan fingerprint density at radius 3 is 2.60 bits per heavy atom. The van der Waals surface area contributed by atoms with Gasteiger partial charge < -0.3 is 9.73 Å². The number of nitrogens with zero attached hydrogens (tertiary/aromatic N) is 1. The second-order valence-corrected chi connectivity index (χ2v) is 6.66. The van der Waals surface area contributed by atoms with E-state index in [9.17, 15) is 8.78 Å². The minimum atomic E-state index is -0.497. The largest absolute Gasteiger partial charge is 0.444 e. The first-order valence-electron chi connectivity index (χ1n) is 7.76. The maximum absolute atomic E-state index is 13.3. The topological polar surface area (TPSA) is 38.1 Å². The predicted octanol–water partition coefficient (Wildman–Crippen LogP) is 5.30. The lowest BCUT2D eigenvalue weighted by atomic mass is 9.94. The normalized spacial score (nSPS) is 11.7. The Morgan fingerprint density at radius 1 is 1.12 bits per heavy atom. The number of rotatable bonds is 5. The summed E-state index contributed by atoms with van der Waals surface area (Å²) >= 11 is 6.15. The van der Waals surface area contributed by atoms with E-state index in [2.05, 4.69) is 10.3 Å². The number of oxazole rings is 1. The highest BCUT2D eigenvalue weighted by molar-refractivity contribution is 6.31. The first-order valence-corrected chi connectivity index (χ1v) is 8.14. The van der Waals surface area contributed by atoms with E-state index < -0.39 is 5.54 Å². The maximum Gasteiger partial charge on any atom is 0.226 e. The van der Waals surface area contributed by atoms with Gasteiger partial charge in [0.1, 0.15) is 17.9 Å². The number of benzene rings is 2. The van der Waals surface area contributed by atoms with Crippen LogP contribution in [-0.2, 0) is 12.1 Å². The molecule has 3 rings (SSSR count). The molecule has 0 atom stereocenters. The molecule has 0 amide bonds. The number of hydrogen-bond donors (Lipinski definition) is 1. The quantitative estimate of drug-likeness (QED) is 0.669. The third-order valence-corrected chi connectivity index (χ3v) is 4.25. The number of halogens is 3. The summed E-state index contributed by atoms with van der Waals surface area (Å²) in [5.74, 6) is -0.364. The lowest BCUT2D eigenvalue weighted by Crippen LogP contribution is -2.36. The molecule has 0 saturated carbocycles. The molecular formula is C19H17ClF2N2O. The molecule has 1 N–H and O–H groups in total. The zero-order valence-corrected chi connectivity index (χ0v) is 14.6. The molecule has 130 valence electrons. The molecule has 0 fully saturated rings. The molecule has 3 aromatic rings. The van der Waals surface area contributed by atoms with Crippen LogP contribution in [0.5, 0.6) is 0 Å². The van der Waals surface area contributed by atoms with Crippen molar-refractivity contribution in [2.24, 2.45) is 0 Å². The smallest absolute Gasteiger partial charge is 0.226 e. The monoisotopic (exact) mass is 362 g/mol. The van der Waals surface area contributed by atoms with Gasteiger partial charge in [0.05, 0.1) is 5.69 Å². The summed E-state index contributed by atoms with van der Waals surface area (Å²) in [6.07, 6.45) is 1.52. The van der Waals surface area contributed by atoms with Crippen LogP contribution in [0.15, 0.2) is 53.1 Å². The molecule has 25 heavy (non-hydrogen) atoms. The highest BCUT2D eigenvalue weighted by Crippen LogP contribution is 2.29. The lowest BCUT2D eigenvalue weighted by Gasteiger charge is -2.27. The molecule has 0 saturated heterocycles. The van der Waals surface area contributed by atoms with Crippen LogP contribution >= 0.6 is 11.6 Å². The van der Waals surface area contributed by atoms with Crippen molar-refractivity contribution in [3.63, 3.8) is 0 Å². The summed E-state index contributed by atoms with van der Waals surface area (Å²) < 4.78 is 31.9. The Balaban J connectivity index is 1.73. The minimum Gasteiger partial charge on any atom is -0.444 e. The van der Waals surface area contributed by atoms with E-state index in [4.69, 9.17) is 16.0 Å². The molecule has 0 aliphatic heterocycles. The summed E-state index contributed by atoms with van der Waals surface area (Å²) in [5.41, 5.74) is 1.53. The Kier molecular flexibility index (Phi) is 4.88. The van der Waals surface area contributed by atoms with Gasteiger partial charge in [-0.15, -0.1) is 0 Å². The van der Waals surface area contributed by atoms with E-state index in [1.165, 1.54) is 30.5 Å². The highest BCUT2D eigenvalue weighted by Gasteiger charge is 2.23. The Morgan fingerprint density at radius 2 is 1.88 bits per heavy atom. The molecule has 0 spiro atoms. The standard InChI is InChI=1S/C19H17ClF2N2O/c1-19(2,16-7-6-14(22)9-17(16)20)23-10-15-11-25-18(24-15)12-4-3-5-13(21)8-12/h3-9,11,23H,10H2,1-2H3. The highest BCUT2D eigenvalue weighted by atomic mass is 35.5. The van der Waals surface area contributed by atoms with Gasteiger partial charge in [0.15, 0.2) is 0 Å². The Labute approximate surface area is 149 Å². The van der Waals surface area contributed by atoms with Gasteiger partial charge in [-0.3, -0.25) is 0 Å². The van der Waals surface area contributed by atoms with Gasteiger partial charge in [-0.25, -0.2) is 13.8 Å². The molecule has 2 aromatic carbocycles. The van der Waals surface area contributed by atoms with Crippen molar-refractivity contribution in [3.8, 4) is 11.5 Å². The molecule has 0 aliphatic rings. The molecule has 6 heteroatoms. The van der Waals surface area contributed by atoms with E-state index in [1.54, 1.807) is 18.2 Å². The summed E-state index contributed by atoms with van der Waals surface area (Å²) in [5, 5.41) is 3.68. The molecule has 0 aliphatic carbocycles. The summed E-state index contributed by atoms with van der Waals surface area (Å²) in [4.78, 5) is 4.37. The van der Waals surface area contributed by atoms with Crippen LogP contribution in [0.2, 0.25) is 5.02 Å². The SMILES string of the molecule is CC(C)(NCc1coc(-c2cccc(F)c2)n1)c1ccc(F)cc1Cl. The van der Waals surface area contributed by atoms with Crippen LogP contribution in [0.4, 0.5) is 8.78 Å². The fourth-order valence-corrected chi connectivity index (χ4v) is 2.95. The van der Waals surface area contributed by atoms with Crippen LogP contribution in [0.25, 0.3) is 11.5 Å². The van der Waals surface area contributed by atoms with Crippen molar-refractivity contribution in [2.75, 3.05) is 0 Å². The first-order chi connectivity index (χ1) is 11.8. The van der Waals surface area contributed by atoms with Crippen molar-refractivity contribution in [1.82, 2.24) is 10.3 Å². The van der Waals surface area contributed by atoms with Gasteiger partial charge in [-0.1, -0.05) is 23.7 Å². The molecule has 3 nitrogen and oxygen atoms in total. The first kappa shape index (κ1) is 17.6. The second kappa shape index (κ2) is 6.94. The molecule has 1 aromatic heterocycles. The lowest BCUT2D eigenvalue weighted by molar-refractivity contribution is 0.397. The van der Waals surface area contributed by atoms with Gasteiger partial charge in [0.2, 0.25) is 5.89 Å². The fourth-order valence-electron chi connectivity index (χ4n) is 2.55. The average Bonchev–Trinajstić information content (AvgIpc) is 3.02. The Bertz CT molecular complexity index is 893. The average molecular weight is 363 g/mol. The summed E-state index contributed by atoms with van der Waals surface area (Å²) in [7, 11) is 0. The zero-order chi connectivity index (χ0) is 18.0. The summed E-state index contributed by atoms with van der Waals surface area (Å²) in [6.45, 7) is 4.30. The fraction of sp³-hybridized carbons (Fsp3) is 0.211. The number of nitrogens with one attached hydrogen (secondary N) is 1. The number of aromatic nitrogens is 1.